The quantitative estimate of drug-likeness (QED) is 0.510. The molecular formula is C22H25FN8O. The Labute approximate surface area is 185 Å². The topological polar surface area (TPSA) is 141 Å². The number of nitrogens with one attached hydrogen (secondary N) is 3. The molecule has 0 spiro atoms. The molecule has 1 aliphatic carbocycles. The molecule has 1 atom stereocenters. The van der Waals surface area contributed by atoms with Crippen molar-refractivity contribution in [3.8, 4) is 0 Å². The highest BCUT2D eigenvalue weighted by atomic mass is 19.1. The van der Waals surface area contributed by atoms with Crippen LogP contribution >= 0.6 is 0 Å². The number of nitrogens with zero attached hydrogens (tertiary/aromatic N) is 4. The fourth-order valence-corrected chi connectivity index (χ4v) is 4.02. The Morgan fingerprint density at radius 2 is 2.22 bits per heavy atom. The molecule has 9 nitrogen and oxygen atoms in total. The van der Waals surface area contributed by atoms with Gasteiger partial charge in [-0.25, -0.2) is 19.3 Å². The molecule has 2 aromatic heterocycles. The lowest BCUT2D eigenvalue weighted by Crippen LogP contribution is -2.31. The van der Waals surface area contributed by atoms with Crippen LogP contribution < -0.4 is 16.0 Å². The lowest BCUT2D eigenvalue weighted by molar-refractivity contribution is 0.463. The van der Waals surface area contributed by atoms with Crippen molar-refractivity contribution in [1.82, 2.24) is 20.3 Å². The number of aromatic nitrogens is 3. The Morgan fingerprint density at radius 3 is 2.97 bits per heavy atom. The van der Waals surface area contributed by atoms with Gasteiger partial charge in [0.1, 0.15) is 29.4 Å². The number of nitrogens with two attached hydrogens (primary N) is 1. The highest BCUT2D eigenvalue weighted by Crippen LogP contribution is 2.33. The first-order valence-electron chi connectivity index (χ1n) is 10.3. The van der Waals surface area contributed by atoms with Crippen LogP contribution in [-0.2, 0) is 13.0 Å². The van der Waals surface area contributed by atoms with E-state index < -0.39 is 11.7 Å². The van der Waals surface area contributed by atoms with Crippen LogP contribution in [0.3, 0.4) is 0 Å². The second-order valence-corrected chi connectivity index (χ2v) is 7.71. The molecule has 32 heavy (non-hydrogen) atoms. The summed E-state index contributed by atoms with van der Waals surface area (Å²) in [6.45, 7) is 3.11. The molecule has 3 heterocycles. The second-order valence-electron chi connectivity index (χ2n) is 7.71. The van der Waals surface area contributed by atoms with E-state index in [0.29, 0.717) is 41.6 Å². The summed E-state index contributed by atoms with van der Waals surface area (Å²) in [5.74, 6) is 1.18. The summed E-state index contributed by atoms with van der Waals surface area (Å²) in [6, 6.07) is 1.75. The number of halogens is 1. The zero-order valence-corrected chi connectivity index (χ0v) is 17.9. The molecule has 0 saturated carbocycles. The van der Waals surface area contributed by atoms with Crippen LogP contribution in [0.1, 0.15) is 29.5 Å². The van der Waals surface area contributed by atoms with Crippen molar-refractivity contribution in [2.45, 2.75) is 26.3 Å². The van der Waals surface area contributed by atoms with E-state index in [0.717, 1.165) is 24.1 Å². The molecule has 5 N–H and O–H groups in total. The molecule has 1 aliphatic heterocycles. The zero-order valence-electron chi connectivity index (χ0n) is 17.9. The van der Waals surface area contributed by atoms with Gasteiger partial charge in [-0.1, -0.05) is 0 Å². The molecule has 1 unspecified atom stereocenters. The third-order valence-corrected chi connectivity index (χ3v) is 5.63. The largest absolute Gasteiger partial charge is 0.446 e. The molecule has 166 valence electrons. The Hall–Kier alpha value is -3.82. The number of allylic oxidation sites excluding steroid dienone is 5. The van der Waals surface area contributed by atoms with Crippen molar-refractivity contribution in [2.75, 3.05) is 18.5 Å². The monoisotopic (exact) mass is 436 g/mol. The smallest absolute Gasteiger partial charge is 0.191 e. The van der Waals surface area contributed by atoms with Crippen LogP contribution in [-0.4, -0.2) is 40.5 Å². The van der Waals surface area contributed by atoms with Gasteiger partial charge in [0.15, 0.2) is 5.89 Å². The summed E-state index contributed by atoms with van der Waals surface area (Å²) in [7, 11) is 1.68. The van der Waals surface area contributed by atoms with E-state index in [1.807, 2.05) is 6.92 Å². The van der Waals surface area contributed by atoms with Gasteiger partial charge < -0.3 is 31.2 Å². The van der Waals surface area contributed by atoms with E-state index in [-0.39, 0.29) is 17.8 Å². The van der Waals surface area contributed by atoms with Crippen molar-refractivity contribution in [1.29, 1.82) is 10.8 Å². The van der Waals surface area contributed by atoms with E-state index in [2.05, 4.69) is 25.2 Å². The van der Waals surface area contributed by atoms with E-state index in [4.69, 9.17) is 21.0 Å². The summed E-state index contributed by atoms with van der Waals surface area (Å²) in [5, 5.41) is 19.2. The van der Waals surface area contributed by atoms with Gasteiger partial charge >= 0.3 is 0 Å². The van der Waals surface area contributed by atoms with Crippen molar-refractivity contribution in [2.24, 2.45) is 11.7 Å². The Kier molecular flexibility index (Phi) is 5.85. The van der Waals surface area contributed by atoms with Crippen molar-refractivity contribution in [3.63, 3.8) is 0 Å². The van der Waals surface area contributed by atoms with E-state index in [9.17, 15) is 4.39 Å². The molecule has 2 aromatic rings. The molecule has 0 bridgehead atoms. The predicted molar refractivity (Wildman–Crippen MR) is 119 cm³/mol. The Morgan fingerprint density at radius 1 is 1.41 bits per heavy atom. The van der Waals surface area contributed by atoms with Gasteiger partial charge in [0.25, 0.3) is 0 Å². The van der Waals surface area contributed by atoms with Crippen molar-refractivity contribution < 1.29 is 8.81 Å². The molecule has 0 radical (unpaired) electrons. The molecule has 10 heteroatoms. The van der Waals surface area contributed by atoms with E-state index in [1.54, 1.807) is 19.3 Å². The minimum Gasteiger partial charge on any atom is -0.446 e. The first kappa shape index (κ1) is 21.4. The maximum Gasteiger partial charge on any atom is 0.191 e. The lowest BCUT2D eigenvalue weighted by atomic mass is 9.83. The molecule has 0 fully saturated rings. The summed E-state index contributed by atoms with van der Waals surface area (Å²) in [4.78, 5) is 15.2. The minimum atomic E-state index is -0.557. The van der Waals surface area contributed by atoms with E-state index in [1.165, 1.54) is 12.4 Å². The number of oxazole rings is 1. The van der Waals surface area contributed by atoms with Crippen LogP contribution in [0.15, 0.2) is 51.8 Å². The molecule has 4 rings (SSSR count). The molecular weight excluding hydrogens is 411 g/mol. The molecule has 0 amide bonds. The van der Waals surface area contributed by atoms with Gasteiger partial charge in [0.2, 0.25) is 0 Å². The predicted octanol–water partition coefficient (Wildman–Crippen LogP) is 2.54. The maximum atomic E-state index is 14.6. The van der Waals surface area contributed by atoms with Gasteiger partial charge in [0.05, 0.1) is 18.0 Å². The fourth-order valence-electron chi connectivity index (χ4n) is 4.02. The number of rotatable bonds is 6. The van der Waals surface area contributed by atoms with E-state index >= 15 is 0 Å². The number of hydrogen-bond donors (Lipinski definition) is 4. The average molecular weight is 436 g/mol. The highest BCUT2D eigenvalue weighted by molar-refractivity contribution is 6.01. The number of aryl methyl sites for hydroxylation is 1. The normalized spacial score (nSPS) is 18.8. The van der Waals surface area contributed by atoms with Crippen LogP contribution in [0, 0.1) is 23.7 Å². The SMILES string of the molecule is CN/C=C(\C=N)C1=C(F)C=C(N)C(C(=N)c2cc(N3CCc4oc(C)nc4C3)ncn2)C1. The lowest BCUT2D eigenvalue weighted by Gasteiger charge is -2.27. The first-order chi connectivity index (χ1) is 15.4. The van der Waals surface area contributed by atoms with Crippen LogP contribution in [0.4, 0.5) is 10.2 Å². The minimum absolute atomic E-state index is 0.167. The van der Waals surface area contributed by atoms with Crippen molar-refractivity contribution in [3.05, 3.63) is 70.4 Å². The first-order valence-corrected chi connectivity index (χ1v) is 10.3. The summed E-state index contributed by atoms with van der Waals surface area (Å²) < 4.78 is 20.2. The Bertz CT molecular complexity index is 1160. The number of fused-ring (bicyclic) bond motifs is 1. The van der Waals surface area contributed by atoms with Gasteiger partial charge in [-0.05, 0) is 18.1 Å². The number of anilines is 1. The standard InChI is InChI=1S/C22H25FN8O/c1-12-30-19-10-31(4-3-20(19)32-12)21-7-18(28-11-29-21)22(26)15-5-14(13(8-24)9-27-2)16(23)6-17(15)25/h6-9,11,15,24,26-27H,3-5,10,25H2,1-2H3/b13-9+,24-8?,26-22?. The van der Waals surface area contributed by atoms with Crippen molar-refractivity contribution >= 4 is 17.7 Å². The summed E-state index contributed by atoms with van der Waals surface area (Å²) in [6.07, 6.45) is 6.18. The third-order valence-electron chi connectivity index (χ3n) is 5.63. The summed E-state index contributed by atoms with van der Waals surface area (Å²) >= 11 is 0. The second kappa shape index (κ2) is 8.74. The molecule has 0 saturated heterocycles. The van der Waals surface area contributed by atoms with Gasteiger partial charge in [-0.15, -0.1) is 0 Å². The Balaban J connectivity index is 1.57. The maximum absolute atomic E-state index is 14.6. The number of hydrogen-bond acceptors (Lipinski definition) is 9. The van der Waals surface area contributed by atoms with Gasteiger partial charge in [0, 0.05) is 62.6 Å². The van der Waals surface area contributed by atoms with Crippen LogP contribution in [0.25, 0.3) is 0 Å². The van der Waals surface area contributed by atoms with Gasteiger partial charge in [-0.2, -0.15) is 0 Å². The van der Waals surface area contributed by atoms with Gasteiger partial charge in [-0.3, -0.25) is 0 Å². The fraction of sp³-hybridized carbons (Fsp3) is 0.318. The van der Waals surface area contributed by atoms with Crippen LogP contribution in [0.2, 0.25) is 0 Å². The highest BCUT2D eigenvalue weighted by Gasteiger charge is 2.29. The molecule has 0 aromatic carbocycles. The van der Waals surface area contributed by atoms with Crippen LogP contribution in [0.5, 0.6) is 0 Å². The zero-order chi connectivity index (χ0) is 22.8. The summed E-state index contributed by atoms with van der Waals surface area (Å²) in [5.41, 5.74) is 8.59. The third kappa shape index (κ3) is 4.03. The molecule has 2 aliphatic rings. The average Bonchev–Trinajstić information content (AvgIpc) is 3.17.